The maximum absolute atomic E-state index is 4.42. The van der Waals surface area contributed by atoms with Crippen molar-refractivity contribution in [3.8, 4) is 0 Å². The minimum absolute atomic E-state index is 0.267. The summed E-state index contributed by atoms with van der Waals surface area (Å²) in [6, 6.07) is 15.1. The molecule has 1 aliphatic heterocycles. The van der Waals surface area contributed by atoms with Crippen molar-refractivity contribution >= 4 is 16.7 Å². The second kappa shape index (κ2) is 4.58. The predicted octanol–water partition coefficient (Wildman–Crippen LogP) is 3.17. The summed E-state index contributed by atoms with van der Waals surface area (Å²) in [6.07, 6.45) is 1.06. The van der Waals surface area contributed by atoms with Gasteiger partial charge >= 0.3 is 0 Å². The molecule has 0 saturated heterocycles. The Morgan fingerprint density at radius 1 is 1.14 bits per heavy atom. The lowest BCUT2D eigenvalue weighted by atomic mass is 9.95. The average Bonchev–Trinajstić information content (AvgIpc) is 2.91. The molecule has 106 valence electrons. The Labute approximate surface area is 124 Å². The first-order chi connectivity index (χ1) is 10.2. The fourth-order valence-electron chi connectivity index (χ4n) is 3.25. The van der Waals surface area contributed by atoms with Crippen molar-refractivity contribution in [1.29, 1.82) is 0 Å². The molecule has 1 unspecified atom stereocenters. The third kappa shape index (κ3) is 1.90. The first-order valence-corrected chi connectivity index (χ1v) is 7.35. The van der Waals surface area contributed by atoms with Gasteiger partial charge in [-0.25, -0.2) is 4.68 Å². The smallest absolute Gasteiger partial charge is 0.113 e. The van der Waals surface area contributed by atoms with Crippen molar-refractivity contribution in [1.82, 2.24) is 15.0 Å². The van der Waals surface area contributed by atoms with E-state index in [0.717, 1.165) is 24.0 Å². The van der Waals surface area contributed by atoms with Crippen LogP contribution in [-0.2, 0) is 0 Å². The maximum Gasteiger partial charge on any atom is 0.113 e. The van der Waals surface area contributed by atoms with Crippen molar-refractivity contribution in [3.63, 3.8) is 0 Å². The lowest BCUT2D eigenvalue weighted by molar-refractivity contribution is 0.475. The largest absolute Gasteiger partial charge is 0.374 e. The Hall–Kier alpha value is -2.36. The van der Waals surface area contributed by atoms with Gasteiger partial charge in [0.2, 0.25) is 0 Å². The van der Waals surface area contributed by atoms with Gasteiger partial charge in [-0.15, -0.1) is 5.10 Å². The highest BCUT2D eigenvalue weighted by Gasteiger charge is 2.26. The Kier molecular flexibility index (Phi) is 2.70. The number of anilines is 1. The van der Waals surface area contributed by atoms with Crippen LogP contribution in [0.4, 0.5) is 5.69 Å². The van der Waals surface area contributed by atoms with E-state index in [1.807, 2.05) is 18.2 Å². The summed E-state index contributed by atoms with van der Waals surface area (Å²) in [5, 5.41) is 8.73. The third-order valence-corrected chi connectivity index (χ3v) is 4.36. The minimum Gasteiger partial charge on any atom is -0.374 e. The van der Waals surface area contributed by atoms with Gasteiger partial charge in [-0.1, -0.05) is 35.0 Å². The SMILES string of the molecule is Cc1ccc2c(c1)C(n1nnc3ccccc31)CCN2C. The van der Waals surface area contributed by atoms with E-state index >= 15 is 0 Å². The summed E-state index contributed by atoms with van der Waals surface area (Å²) < 4.78 is 2.08. The molecule has 0 amide bonds. The Morgan fingerprint density at radius 3 is 2.90 bits per heavy atom. The van der Waals surface area contributed by atoms with Crippen LogP contribution in [0.3, 0.4) is 0 Å². The zero-order valence-corrected chi connectivity index (χ0v) is 12.3. The van der Waals surface area contributed by atoms with Crippen LogP contribution in [-0.4, -0.2) is 28.6 Å². The van der Waals surface area contributed by atoms with Crippen molar-refractivity contribution in [2.24, 2.45) is 0 Å². The van der Waals surface area contributed by atoms with E-state index in [0.29, 0.717) is 0 Å². The molecule has 2 aromatic carbocycles. The van der Waals surface area contributed by atoms with Gasteiger partial charge < -0.3 is 4.90 Å². The fraction of sp³-hybridized carbons (Fsp3) is 0.294. The number of rotatable bonds is 1. The normalized spacial score (nSPS) is 18.0. The van der Waals surface area contributed by atoms with Gasteiger partial charge in [0.25, 0.3) is 0 Å². The van der Waals surface area contributed by atoms with Gasteiger partial charge in [0.15, 0.2) is 0 Å². The van der Waals surface area contributed by atoms with Gasteiger partial charge in [-0.2, -0.15) is 0 Å². The van der Waals surface area contributed by atoms with Crippen LogP contribution in [0.5, 0.6) is 0 Å². The standard InChI is InChI=1S/C17H18N4/c1-12-7-8-15-13(11-12)16(9-10-20(15)2)21-17-6-4-3-5-14(17)18-19-21/h3-8,11,16H,9-10H2,1-2H3. The number of benzene rings is 2. The molecule has 1 aromatic heterocycles. The molecule has 0 spiro atoms. The summed E-state index contributed by atoms with van der Waals surface area (Å²) in [5.74, 6) is 0. The van der Waals surface area contributed by atoms with Crippen LogP contribution in [0.1, 0.15) is 23.6 Å². The molecule has 0 N–H and O–H groups in total. The minimum atomic E-state index is 0.267. The van der Waals surface area contributed by atoms with E-state index in [-0.39, 0.29) is 6.04 Å². The van der Waals surface area contributed by atoms with Gasteiger partial charge in [-0.3, -0.25) is 0 Å². The number of aromatic nitrogens is 3. The fourth-order valence-corrected chi connectivity index (χ4v) is 3.25. The maximum atomic E-state index is 4.42. The highest BCUT2D eigenvalue weighted by molar-refractivity contribution is 5.74. The third-order valence-electron chi connectivity index (χ3n) is 4.36. The predicted molar refractivity (Wildman–Crippen MR) is 84.7 cm³/mol. The van der Waals surface area contributed by atoms with Crippen molar-refractivity contribution in [2.45, 2.75) is 19.4 Å². The molecule has 0 fully saturated rings. The summed E-state index contributed by atoms with van der Waals surface area (Å²) >= 11 is 0. The molecule has 0 bridgehead atoms. The van der Waals surface area contributed by atoms with Crippen molar-refractivity contribution in [2.75, 3.05) is 18.5 Å². The number of hydrogen-bond acceptors (Lipinski definition) is 3. The molecular weight excluding hydrogens is 260 g/mol. The van der Waals surface area contributed by atoms with E-state index in [4.69, 9.17) is 0 Å². The molecular formula is C17H18N4. The Balaban J connectivity index is 1.90. The van der Waals surface area contributed by atoms with Gasteiger partial charge in [0.05, 0.1) is 11.6 Å². The van der Waals surface area contributed by atoms with Gasteiger partial charge in [0.1, 0.15) is 5.52 Å². The summed E-state index contributed by atoms with van der Waals surface area (Å²) in [6.45, 7) is 3.18. The second-order valence-corrected chi connectivity index (χ2v) is 5.81. The quantitative estimate of drug-likeness (QED) is 0.685. The molecule has 2 heterocycles. The van der Waals surface area contributed by atoms with Crippen LogP contribution in [0.2, 0.25) is 0 Å². The van der Waals surface area contributed by atoms with E-state index in [1.54, 1.807) is 0 Å². The molecule has 4 heteroatoms. The molecule has 0 radical (unpaired) electrons. The molecule has 21 heavy (non-hydrogen) atoms. The van der Waals surface area contributed by atoms with Crippen LogP contribution in [0.25, 0.3) is 11.0 Å². The van der Waals surface area contributed by atoms with Crippen LogP contribution < -0.4 is 4.90 Å². The van der Waals surface area contributed by atoms with E-state index in [1.165, 1.54) is 16.8 Å². The number of aryl methyl sites for hydroxylation is 1. The Bertz CT molecular complexity index is 805. The number of nitrogens with zero attached hydrogens (tertiary/aromatic N) is 4. The van der Waals surface area contributed by atoms with Crippen molar-refractivity contribution in [3.05, 3.63) is 53.6 Å². The van der Waals surface area contributed by atoms with Crippen LogP contribution >= 0.6 is 0 Å². The van der Waals surface area contributed by atoms with E-state index < -0.39 is 0 Å². The van der Waals surface area contributed by atoms with Crippen LogP contribution in [0, 0.1) is 6.92 Å². The molecule has 0 aliphatic carbocycles. The molecule has 1 aliphatic rings. The van der Waals surface area contributed by atoms with E-state index in [9.17, 15) is 0 Å². The number of para-hydroxylation sites is 1. The van der Waals surface area contributed by atoms with Gasteiger partial charge in [-0.05, 0) is 31.5 Å². The Morgan fingerprint density at radius 2 is 2.00 bits per heavy atom. The number of hydrogen-bond donors (Lipinski definition) is 0. The summed E-state index contributed by atoms with van der Waals surface area (Å²) in [4.78, 5) is 2.32. The zero-order chi connectivity index (χ0) is 14.4. The van der Waals surface area contributed by atoms with E-state index in [2.05, 4.69) is 58.1 Å². The first-order valence-electron chi connectivity index (χ1n) is 7.35. The lowest BCUT2D eigenvalue weighted by Gasteiger charge is -2.33. The second-order valence-electron chi connectivity index (χ2n) is 5.81. The average molecular weight is 278 g/mol. The lowest BCUT2D eigenvalue weighted by Crippen LogP contribution is -2.30. The first kappa shape index (κ1) is 12.4. The van der Waals surface area contributed by atoms with Crippen molar-refractivity contribution < 1.29 is 0 Å². The number of fused-ring (bicyclic) bond motifs is 2. The highest BCUT2D eigenvalue weighted by atomic mass is 15.4. The molecule has 3 aromatic rings. The molecule has 4 nitrogen and oxygen atoms in total. The molecule has 4 rings (SSSR count). The topological polar surface area (TPSA) is 34.0 Å². The zero-order valence-electron chi connectivity index (χ0n) is 12.3. The summed E-state index contributed by atoms with van der Waals surface area (Å²) in [7, 11) is 2.16. The monoisotopic (exact) mass is 278 g/mol. The van der Waals surface area contributed by atoms with Gasteiger partial charge in [0, 0.05) is 24.8 Å². The molecule has 0 saturated carbocycles. The highest BCUT2D eigenvalue weighted by Crippen LogP contribution is 2.36. The molecule has 1 atom stereocenters. The summed E-state index contributed by atoms with van der Waals surface area (Å²) in [5.41, 5.74) is 6.01. The van der Waals surface area contributed by atoms with Crippen LogP contribution in [0.15, 0.2) is 42.5 Å².